The Balaban J connectivity index is 1.44. The zero-order chi connectivity index (χ0) is 18.1. The lowest BCUT2D eigenvalue weighted by Crippen LogP contribution is -2.65. The van der Waals surface area contributed by atoms with Gasteiger partial charge in [0.1, 0.15) is 11.7 Å². The number of thioether (sulfide) groups is 1. The summed E-state index contributed by atoms with van der Waals surface area (Å²) in [6, 6.07) is 17.1. The van der Waals surface area contributed by atoms with Crippen molar-refractivity contribution < 1.29 is 4.79 Å². The van der Waals surface area contributed by atoms with Gasteiger partial charge in [0.2, 0.25) is 0 Å². The number of aryl methyl sites for hydroxylation is 2. The van der Waals surface area contributed by atoms with E-state index in [1.165, 1.54) is 22.3 Å². The average molecular weight is 369 g/mol. The van der Waals surface area contributed by atoms with E-state index in [1.807, 2.05) is 0 Å². The molecule has 0 aliphatic carbocycles. The van der Waals surface area contributed by atoms with Crippen molar-refractivity contribution in [2.45, 2.75) is 37.2 Å². The van der Waals surface area contributed by atoms with E-state index in [4.69, 9.17) is 0 Å². The molecule has 4 rings (SSSR count). The van der Waals surface area contributed by atoms with E-state index in [2.05, 4.69) is 78.4 Å². The van der Waals surface area contributed by atoms with Gasteiger partial charge in [-0.05, 0) is 25.0 Å². The molecule has 2 heterocycles. The molecular weight excluding hydrogens is 344 g/mol. The number of hydrazine groups is 1. The van der Waals surface area contributed by atoms with E-state index in [0.29, 0.717) is 0 Å². The van der Waals surface area contributed by atoms with Gasteiger partial charge in [0.05, 0.1) is 0 Å². The Kier molecular flexibility index (Phi) is 4.89. The number of hydrogen-bond donors (Lipinski definition) is 3. The molecule has 2 fully saturated rings. The smallest absolute Gasteiger partial charge is 0.312 e. The third-order valence-corrected chi connectivity index (χ3v) is 6.07. The van der Waals surface area contributed by atoms with Crippen LogP contribution >= 0.6 is 11.8 Å². The minimum absolute atomic E-state index is 0.0398. The van der Waals surface area contributed by atoms with Crippen LogP contribution in [0.5, 0.6) is 0 Å². The van der Waals surface area contributed by atoms with Gasteiger partial charge >= 0.3 is 6.03 Å². The van der Waals surface area contributed by atoms with Crippen LogP contribution in [0, 0.1) is 13.8 Å². The summed E-state index contributed by atoms with van der Waals surface area (Å²) in [7, 11) is 0. The van der Waals surface area contributed by atoms with Gasteiger partial charge in [-0.1, -0.05) is 59.7 Å². The van der Waals surface area contributed by atoms with Crippen molar-refractivity contribution in [3.8, 4) is 0 Å². The second-order valence-electron chi connectivity index (χ2n) is 6.99. The molecule has 6 heteroatoms. The van der Waals surface area contributed by atoms with Crippen LogP contribution in [0.4, 0.5) is 4.79 Å². The van der Waals surface area contributed by atoms with E-state index in [1.54, 1.807) is 16.8 Å². The second-order valence-corrected chi connectivity index (χ2v) is 8.08. The van der Waals surface area contributed by atoms with Crippen LogP contribution < -0.4 is 16.1 Å². The molecule has 3 N–H and O–H groups in total. The lowest BCUT2D eigenvalue weighted by atomic mass is 9.96. The molecule has 2 aromatic rings. The summed E-state index contributed by atoms with van der Waals surface area (Å²) in [4.78, 5) is 12.5. The van der Waals surface area contributed by atoms with Crippen LogP contribution in [0.3, 0.4) is 0 Å². The van der Waals surface area contributed by atoms with Crippen molar-refractivity contribution in [2.24, 2.45) is 0 Å². The standard InChI is InChI=1S/C20H24N4OS/c1-13-3-7-15(8-4-13)12-26-19-22-18-17(11-21-24(18)20(25)23-19)16-9-5-14(2)6-10-16/h3-10,17-19,21-22H,11-12H2,1-2H3,(H,23,25). The van der Waals surface area contributed by atoms with Crippen LogP contribution in [0.25, 0.3) is 0 Å². The van der Waals surface area contributed by atoms with Crippen LogP contribution in [-0.2, 0) is 5.75 Å². The first kappa shape index (κ1) is 17.4. The summed E-state index contributed by atoms with van der Waals surface area (Å²) in [6.07, 6.45) is -0.0398. The third-order valence-electron chi connectivity index (χ3n) is 4.98. The summed E-state index contributed by atoms with van der Waals surface area (Å²) < 4.78 is 0. The first-order valence-electron chi connectivity index (χ1n) is 8.93. The zero-order valence-electron chi connectivity index (χ0n) is 15.0. The molecule has 3 unspecified atom stereocenters. The lowest BCUT2D eigenvalue weighted by Gasteiger charge is -2.37. The number of carbonyl (C=O) groups excluding carboxylic acids is 1. The number of carbonyl (C=O) groups is 1. The van der Waals surface area contributed by atoms with Gasteiger partial charge in [-0.2, -0.15) is 0 Å². The molecule has 26 heavy (non-hydrogen) atoms. The van der Waals surface area contributed by atoms with Gasteiger partial charge in [-0.25, -0.2) is 15.2 Å². The van der Waals surface area contributed by atoms with Crippen molar-refractivity contribution in [2.75, 3.05) is 6.54 Å². The molecular formula is C20H24N4OS. The molecule has 5 nitrogen and oxygen atoms in total. The molecule has 2 aliphatic heterocycles. The molecule has 0 spiro atoms. The molecule has 3 atom stereocenters. The van der Waals surface area contributed by atoms with Gasteiger partial charge < -0.3 is 5.32 Å². The van der Waals surface area contributed by atoms with Gasteiger partial charge in [-0.15, -0.1) is 11.8 Å². The second kappa shape index (κ2) is 7.31. The van der Waals surface area contributed by atoms with Crippen molar-refractivity contribution in [1.29, 1.82) is 0 Å². The number of urea groups is 1. The highest BCUT2D eigenvalue weighted by Crippen LogP contribution is 2.30. The summed E-state index contributed by atoms with van der Waals surface area (Å²) in [5.74, 6) is 1.09. The van der Waals surface area contributed by atoms with Gasteiger partial charge in [0.25, 0.3) is 0 Å². The zero-order valence-corrected chi connectivity index (χ0v) is 15.8. The number of hydrogen-bond acceptors (Lipinski definition) is 4. The maximum absolute atomic E-state index is 12.5. The fourth-order valence-electron chi connectivity index (χ4n) is 3.42. The molecule has 0 radical (unpaired) electrons. The highest BCUT2D eigenvalue weighted by Gasteiger charge is 2.43. The Labute approximate surface area is 158 Å². The van der Waals surface area contributed by atoms with E-state index >= 15 is 0 Å². The van der Waals surface area contributed by atoms with Crippen molar-refractivity contribution >= 4 is 17.8 Å². The first-order chi connectivity index (χ1) is 12.6. The fraction of sp³-hybridized carbons (Fsp3) is 0.350. The number of nitrogens with zero attached hydrogens (tertiary/aromatic N) is 1. The highest BCUT2D eigenvalue weighted by atomic mass is 32.2. The predicted octanol–water partition coefficient (Wildman–Crippen LogP) is 3.06. The summed E-state index contributed by atoms with van der Waals surface area (Å²) in [5, 5.41) is 8.30. The Morgan fingerprint density at radius 2 is 1.69 bits per heavy atom. The molecule has 136 valence electrons. The highest BCUT2D eigenvalue weighted by molar-refractivity contribution is 7.99. The summed E-state index contributed by atoms with van der Waals surface area (Å²) in [5.41, 5.74) is 8.14. The molecule has 2 amide bonds. The third kappa shape index (κ3) is 3.58. The van der Waals surface area contributed by atoms with E-state index in [0.717, 1.165) is 12.3 Å². The first-order valence-corrected chi connectivity index (χ1v) is 9.98. The van der Waals surface area contributed by atoms with Crippen molar-refractivity contribution in [1.82, 2.24) is 21.1 Å². The van der Waals surface area contributed by atoms with Crippen LogP contribution in [0.2, 0.25) is 0 Å². The Hall–Kier alpha value is -2.02. The molecule has 2 aromatic carbocycles. The fourth-order valence-corrected chi connectivity index (χ4v) is 4.39. The van der Waals surface area contributed by atoms with Crippen molar-refractivity contribution in [3.63, 3.8) is 0 Å². The van der Waals surface area contributed by atoms with Gasteiger partial charge in [-0.3, -0.25) is 5.32 Å². The number of benzene rings is 2. The lowest BCUT2D eigenvalue weighted by molar-refractivity contribution is 0.128. The van der Waals surface area contributed by atoms with E-state index in [9.17, 15) is 4.79 Å². The molecule has 0 aromatic heterocycles. The quantitative estimate of drug-likeness (QED) is 0.776. The van der Waals surface area contributed by atoms with Crippen molar-refractivity contribution in [3.05, 3.63) is 70.8 Å². The SMILES string of the molecule is Cc1ccc(CSC2NC(=O)N3NCC(c4ccc(C)cc4)C3N2)cc1. The number of rotatable bonds is 4. The van der Waals surface area contributed by atoms with E-state index in [-0.39, 0.29) is 23.6 Å². The molecule has 2 saturated heterocycles. The van der Waals surface area contributed by atoms with Crippen LogP contribution in [0.1, 0.15) is 28.2 Å². The minimum Gasteiger partial charge on any atom is -0.312 e. The van der Waals surface area contributed by atoms with Gasteiger partial charge in [0.15, 0.2) is 0 Å². The number of nitrogens with one attached hydrogen (secondary N) is 3. The maximum Gasteiger partial charge on any atom is 0.335 e. The monoisotopic (exact) mass is 368 g/mol. The topological polar surface area (TPSA) is 56.4 Å². The number of amides is 2. The minimum atomic E-state index is -0.0992. The van der Waals surface area contributed by atoms with Crippen LogP contribution in [0.15, 0.2) is 48.5 Å². The van der Waals surface area contributed by atoms with Crippen LogP contribution in [-0.4, -0.2) is 29.2 Å². The Morgan fingerprint density at radius 3 is 2.38 bits per heavy atom. The van der Waals surface area contributed by atoms with E-state index < -0.39 is 0 Å². The average Bonchev–Trinajstić information content (AvgIpc) is 3.06. The Morgan fingerprint density at radius 1 is 1.04 bits per heavy atom. The normalized spacial score (nSPS) is 25.1. The number of fused-ring (bicyclic) bond motifs is 1. The summed E-state index contributed by atoms with van der Waals surface area (Å²) in [6.45, 7) is 4.93. The predicted molar refractivity (Wildman–Crippen MR) is 105 cm³/mol. The van der Waals surface area contributed by atoms with Gasteiger partial charge in [0, 0.05) is 18.2 Å². The molecule has 0 saturated carbocycles. The summed E-state index contributed by atoms with van der Waals surface area (Å²) >= 11 is 1.71. The molecule has 2 aliphatic rings. The molecule has 0 bridgehead atoms. The Bertz CT molecular complexity index is 777. The largest absolute Gasteiger partial charge is 0.335 e. The maximum atomic E-state index is 12.5.